The number of hydrogen-bond donors (Lipinski definition) is 2. The van der Waals surface area contributed by atoms with Crippen molar-refractivity contribution in [3.8, 4) is 0 Å². The molecule has 3 rings (SSSR count). The van der Waals surface area contributed by atoms with E-state index in [-0.39, 0.29) is 24.3 Å². The van der Waals surface area contributed by atoms with Gasteiger partial charge in [0.25, 0.3) is 5.91 Å². The van der Waals surface area contributed by atoms with Gasteiger partial charge in [-0.3, -0.25) is 4.79 Å². The van der Waals surface area contributed by atoms with Crippen molar-refractivity contribution in [2.45, 2.75) is 19.5 Å². The fraction of sp³-hybridized carbons (Fsp3) is 0.190. The number of amides is 1. The molecule has 1 atom stereocenters. The van der Waals surface area contributed by atoms with E-state index in [4.69, 9.17) is 0 Å². The average molecular weight is 337 g/mol. The number of halogens is 1. The van der Waals surface area contributed by atoms with Crippen molar-refractivity contribution in [3.05, 3.63) is 83.7 Å². The number of benzene rings is 3. The molecule has 0 aromatic heterocycles. The minimum absolute atomic E-state index is 0.102. The predicted molar refractivity (Wildman–Crippen MR) is 97.4 cm³/mol. The van der Waals surface area contributed by atoms with E-state index in [0.717, 1.165) is 0 Å². The molecule has 0 aliphatic heterocycles. The first-order valence-electron chi connectivity index (χ1n) is 8.46. The highest BCUT2D eigenvalue weighted by atomic mass is 19.1. The topological polar surface area (TPSA) is 45.7 Å². The lowest BCUT2D eigenvalue weighted by Gasteiger charge is -2.14. The van der Waals surface area contributed by atoms with Gasteiger partial charge >= 0.3 is 0 Å². The van der Waals surface area contributed by atoms with Crippen molar-refractivity contribution < 1.29 is 14.5 Å². The number of nitrogens with two attached hydrogens (primary N) is 1. The summed E-state index contributed by atoms with van der Waals surface area (Å²) in [5, 5.41) is 7.18. The van der Waals surface area contributed by atoms with Crippen LogP contribution in [0.5, 0.6) is 0 Å². The second kappa shape index (κ2) is 7.90. The van der Waals surface area contributed by atoms with E-state index < -0.39 is 0 Å². The Morgan fingerprint density at radius 3 is 2.60 bits per heavy atom. The van der Waals surface area contributed by atoms with Crippen molar-refractivity contribution in [2.75, 3.05) is 6.54 Å². The van der Waals surface area contributed by atoms with Crippen LogP contribution >= 0.6 is 0 Å². The first kappa shape index (κ1) is 17.1. The molecule has 3 N–H and O–H groups in total. The van der Waals surface area contributed by atoms with Crippen LogP contribution in [0.3, 0.4) is 0 Å². The maximum absolute atomic E-state index is 13.6. The molecule has 0 fully saturated rings. The Bertz CT molecular complexity index is 873. The van der Waals surface area contributed by atoms with Crippen LogP contribution in [0.1, 0.15) is 24.1 Å². The molecule has 3 aromatic rings. The van der Waals surface area contributed by atoms with Crippen LogP contribution in [-0.2, 0) is 11.3 Å². The quantitative estimate of drug-likeness (QED) is 0.714. The lowest BCUT2D eigenvalue weighted by Crippen LogP contribution is -2.87. The molecule has 25 heavy (non-hydrogen) atoms. The SMILES string of the molecule is C[C@H]([NH2+]CC(=O)NCc1ccccc1F)c1cccc2ccccc12. The smallest absolute Gasteiger partial charge is 0.275 e. The molecule has 1 amide bonds. The summed E-state index contributed by atoms with van der Waals surface area (Å²) >= 11 is 0. The third kappa shape index (κ3) is 4.22. The summed E-state index contributed by atoms with van der Waals surface area (Å²) in [5.74, 6) is -0.397. The number of rotatable bonds is 6. The van der Waals surface area contributed by atoms with Gasteiger partial charge in [0.15, 0.2) is 6.54 Å². The van der Waals surface area contributed by atoms with E-state index in [1.54, 1.807) is 18.2 Å². The summed E-state index contributed by atoms with van der Waals surface area (Å²) in [7, 11) is 0. The van der Waals surface area contributed by atoms with Gasteiger partial charge in [0, 0.05) is 17.7 Å². The van der Waals surface area contributed by atoms with E-state index in [0.29, 0.717) is 12.1 Å². The Balaban J connectivity index is 1.57. The highest BCUT2D eigenvalue weighted by molar-refractivity contribution is 5.85. The zero-order chi connectivity index (χ0) is 17.6. The highest BCUT2D eigenvalue weighted by Crippen LogP contribution is 2.21. The summed E-state index contributed by atoms with van der Waals surface area (Å²) in [6.07, 6.45) is 0. The van der Waals surface area contributed by atoms with E-state index >= 15 is 0 Å². The van der Waals surface area contributed by atoms with E-state index in [1.807, 2.05) is 23.5 Å². The molecule has 3 aromatic carbocycles. The maximum atomic E-state index is 13.6. The summed E-state index contributed by atoms with van der Waals surface area (Å²) in [5.41, 5.74) is 1.71. The number of fused-ring (bicyclic) bond motifs is 1. The second-order valence-electron chi connectivity index (χ2n) is 6.17. The Kier molecular flexibility index (Phi) is 5.41. The van der Waals surface area contributed by atoms with Crippen LogP contribution in [0.2, 0.25) is 0 Å². The summed E-state index contributed by atoms with van der Waals surface area (Å²) in [6, 6.07) is 21.1. The summed E-state index contributed by atoms with van der Waals surface area (Å²) in [4.78, 5) is 12.1. The molecule has 0 heterocycles. The molecular formula is C21H22FN2O+. The Hall–Kier alpha value is -2.72. The van der Waals surface area contributed by atoms with Crippen LogP contribution in [0.4, 0.5) is 4.39 Å². The Morgan fingerprint density at radius 1 is 1.04 bits per heavy atom. The van der Waals surface area contributed by atoms with Gasteiger partial charge < -0.3 is 10.6 Å². The van der Waals surface area contributed by atoms with Gasteiger partial charge in [-0.2, -0.15) is 0 Å². The highest BCUT2D eigenvalue weighted by Gasteiger charge is 2.14. The molecule has 0 spiro atoms. The van der Waals surface area contributed by atoms with Crippen LogP contribution < -0.4 is 10.6 Å². The van der Waals surface area contributed by atoms with Gasteiger partial charge in [-0.1, -0.05) is 60.7 Å². The van der Waals surface area contributed by atoms with Gasteiger partial charge in [-0.25, -0.2) is 4.39 Å². The number of nitrogens with one attached hydrogen (secondary N) is 1. The molecule has 4 heteroatoms. The summed E-state index contributed by atoms with van der Waals surface area (Å²) < 4.78 is 13.6. The predicted octanol–water partition coefficient (Wildman–Crippen LogP) is 2.92. The van der Waals surface area contributed by atoms with Gasteiger partial charge in [0.1, 0.15) is 11.9 Å². The molecular weight excluding hydrogens is 315 g/mol. The first-order chi connectivity index (χ1) is 12.1. The monoisotopic (exact) mass is 337 g/mol. The van der Waals surface area contributed by atoms with E-state index in [1.165, 1.54) is 22.4 Å². The van der Waals surface area contributed by atoms with Gasteiger partial charge in [-0.15, -0.1) is 0 Å². The van der Waals surface area contributed by atoms with Crippen molar-refractivity contribution in [1.82, 2.24) is 5.32 Å². The number of quaternary nitrogens is 1. The van der Waals surface area contributed by atoms with Crippen LogP contribution in [0.15, 0.2) is 66.7 Å². The van der Waals surface area contributed by atoms with Crippen molar-refractivity contribution in [1.29, 1.82) is 0 Å². The average Bonchev–Trinajstić information content (AvgIpc) is 2.65. The molecule has 0 aliphatic rings. The van der Waals surface area contributed by atoms with Crippen molar-refractivity contribution in [2.24, 2.45) is 0 Å². The van der Waals surface area contributed by atoms with Crippen molar-refractivity contribution >= 4 is 16.7 Å². The summed E-state index contributed by atoms with van der Waals surface area (Å²) in [6.45, 7) is 2.60. The lowest BCUT2D eigenvalue weighted by atomic mass is 10.00. The molecule has 0 bridgehead atoms. The fourth-order valence-corrected chi connectivity index (χ4v) is 2.97. The molecule has 0 radical (unpaired) electrons. The van der Waals surface area contributed by atoms with Gasteiger partial charge in [-0.05, 0) is 23.8 Å². The minimum Gasteiger partial charge on any atom is -0.347 e. The Labute approximate surface area is 146 Å². The zero-order valence-corrected chi connectivity index (χ0v) is 14.2. The Morgan fingerprint density at radius 2 is 1.76 bits per heavy atom. The lowest BCUT2D eigenvalue weighted by molar-refractivity contribution is -0.682. The van der Waals surface area contributed by atoms with Crippen LogP contribution in [0, 0.1) is 5.82 Å². The standard InChI is InChI=1S/C21H21FN2O/c1-15(18-11-6-9-16-7-2-4-10-19(16)18)23-14-21(25)24-13-17-8-3-5-12-20(17)22/h2-12,15,23H,13-14H2,1H3,(H,24,25)/p+1/t15-/m0/s1. The molecule has 0 saturated heterocycles. The zero-order valence-electron chi connectivity index (χ0n) is 14.2. The van der Waals surface area contributed by atoms with Gasteiger partial charge in [0.2, 0.25) is 0 Å². The number of hydrogen-bond acceptors (Lipinski definition) is 1. The third-order valence-electron chi connectivity index (χ3n) is 4.40. The molecule has 128 valence electrons. The molecule has 0 unspecified atom stereocenters. The second-order valence-corrected chi connectivity index (χ2v) is 6.17. The fourth-order valence-electron chi connectivity index (χ4n) is 2.97. The van der Waals surface area contributed by atoms with Crippen LogP contribution in [0.25, 0.3) is 10.8 Å². The number of carbonyl (C=O) groups is 1. The van der Waals surface area contributed by atoms with E-state index in [2.05, 4.69) is 36.5 Å². The number of carbonyl (C=O) groups excluding carboxylic acids is 1. The molecule has 0 aliphatic carbocycles. The maximum Gasteiger partial charge on any atom is 0.275 e. The van der Waals surface area contributed by atoms with Gasteiger partial charge in [0.05, 0.1) is 0 Å². The third-order valence-corrected chi connectivity index (χ3v) is 4.40. The minimum atomic E-state index is -0.295. The van der Waals surface area contributed by atoms with Crippen molar-refractivity contribution in [3.63, 3.8) is 0 Å². The normalized spacial score (nSPS) is 12.1. The van der Waals surface area contributed by atoms with Crippen LogP contribution in [-0.4, -0.2) is 12.5 Å². The molecule has 0 saturated carbocycles. The first-order valence-corrected chi connectivity index (χ1v) is 8.46. The largest absolute Gasteiger partial charge is 0.347 e. The van der Waals surface area contributed by atoms with E-state index in [9.17, 15) is 9.18 Å². The molecule has 3 nitrogen and oxygen atoms in total.